The van der Waals surface area contributed by atoms with E-state index in [4.69, 9.17) is 10.5 Å². The highest BCUT2D eigenvalue weighted by atomic mass is 16.5. The standard InChI is InChI=1S/C15H21NO/c1-13(2)9-11-17-12-15-7-5-14(6-8-15)4-3-10-16/h5-8,13H,9-12,16H2,1-2H3. The lowest BCUT2D eigenvalue weighted by Crippen LogP contribution is -1.99. The average Bonchev–Trinajstić information content (AvgIpc) is 2.33. The van der Waals surface area contributed by atoms with Gasteiger partial charge in [-0.2, -0.15) is 0 Å². The second-order valence-electron chi connectivity index (χ2n) is 4.44. The minimum Gasteiger partial charge on any atom is -0.377 e. The summed E-state index contributed by atoms with van der Waals surface area (Å²) in [5, 5.41) is 0. The molecule has 0 radical (unpaired) electrons. The monoisotopic (exact) mass is 231 g/mol. The van der Waals surface area contributed by atoms with E-state index in [1.165, 1.54) is 5.56 Å². The topological polar surface area (TPSA) is 35.2 Å². The number of hydrogen-bond acceptors (Lipinski definition) is 2. The summed E-state index contributed by atoms with van der Waals surface area (Å²) in [5.74, 6) is 6.53. The highest BCUT2D eigenvalue weighted by Gasteiger charge is 1.96. The van der Waals surface area contributed by atoms with E-state index in [0.717, 1.165) is 18.6 Å². The van der Waals surface area contributed by atoms with Crippen LogP contribution in [-0.4, -0.2) is 13.2 Å². The van der Waals surface area contributed by atoms with Gasteiger partial charge in [0.05, 0.1) is 13.2 Å². The van der Waals surface area contributed by atoms with E-state index >= 15 is 0 Å². The van der Waals surface area contributed by atoms with Crippen LogP contribution in [0.2, 0.25) is 0 Å². The predicted molar refractivity (Wildman–Crippen MR) is 71.5 cm³/mol. The number of hydrogen-bond donors (Lipinski definition) is 1. The molecular weight excluding hydrogens is 210 g/mol. The van der Waals surface area contributed by atoms with Crippen molar-refractivity contribution >= 4 is 0 Å². The fourth-order valence-corrected chi connectivity index (χ4v) is 1.35. The minimum absolute atomic E-state index is 0.403. The molecule has 0 aliphatic carbocycles. The molecular formula is C15H21NO. The second kappa shape index (κ2) is 7.89. The first-order valence-corrected chi connectivity index (χ1v) is 6.08. The van der Waals surface area contributed by atoms with Gasteiger partial charge in [0.1, 0.15) is 0 Å². The van der Waals surface area contributed by atoms with Crippen LogP contribution < -0.4 is 5.73 Å². The van der Waals surface area contributed by atoms with Gasteiger partial charge in [0.2, 0.25) is 0 Å². The van der Waals surface area contributed by atoms with E-state index < -0.39 is 0 Å². The van der Waals surface area contributed by atoms with Gasteiger partial charge in [-0.1, -0.05) is 37.8 Å². The summed E-state index contributed by atoms with van der Waals surface area (Å²) >= 11 is 0. The van der Waals surface area contributed by atoms with Gasteiger partial charge in [-0.05, 0) is 30.0 Å². The Morgan fingerprint density at radius 2 is 1.94 bits per heavy atom. The quantitative estimate of drug-likeness (QED) is 0.624. The summed E-state index contributed by atoms with van der Waals surface area (Å²) in [7, 11) is 0. The van der Waals surface area contributed by atoms with E-state index in [1.807, 2.05) is 12.1 Å². The molecule has 0 amide bonds. The van der Waals surface area contributed by atoms with Gasteiger partial charge in [0.15, 0.2) is 0 Å². The molecule has 0 unspecified atom stereocenters. The van der Waals surface area contributed by atoms with Crippen molar-refractivity contribution in [3.8, 4) is 11.8 Å². The molecule has 0 fully saturated rings. The molecule has 2 nitrogen and oxygen atoms in total. The van der Waals surface area contributed by atoms with E-state index in [-0.39, 0.29) is 0 Å². The van der Waals surface area contributed by atoms with Gasteiger partial charge in [-0.15, -0.1) is 0 Å². The molecule has 0 saturated carbocycles. The Morgan fingerprint density at radius 3 is 2.53 bits per heavy atom. The molecule has 1 aromatic rings. The Labute approximate surface area is 104 Å². The van der Waals surface area contributed by atoms with E-state index in [2.05, 4.69) is 37.8 Å². The molecule has 1 aromatic carbocycles. The Balaban J connectivity index is 2.35. The lowest BCUT2D eigenvalue weighted by Gasteiger charge is -2.06. The van der Waals surface area contributed by atoms with Crippen molar-refractivity contribution in [1.82, 2.24) is 0 Å². The summed E-state index contributed by atoms with van der Waals surface area (Å²) < 4.78 is 5.60. The smallest absolute Gasteiger partial charge is 0.0716 e. The first-order valence-electron chi connectivity index (χ1n) is 6.08. The van der Waals surface area contributed by atoms with Crippen molar-refractivity contribution in [1.29, 1.82) is 0 Å². The Morgan fingerprint density at radius 1 is 1.24 bits per heavy atom. The lowest BCUT2D eigenvalue weighted by atomic mass is 10.1. The highest BCUT2D eigenvalue weighted by molar-refractivity contribution is 5.36. The summed E-state index contributed by atoms with van der Waals surface area (Å²) in [6, 6.07) is 8.11. The van der Waals surface area contributed by atoms with Crippen LogP contribution in [0.25, 0.3) is 0 Å². The summed E-state index contributed by atoms with van der Waals surface area (Å²) in [5.41, 5.74) is 7.51. The van der Waals surface area contributed by atoms with Gasteiger partial charge >= 0.3 is 0 Å². The van der Waals surface area contributed by atoms with Crippen molar-refractivity contribution in [3.63, 3.8) is 0 Å². The van der Waals surface area contributed by atoms with Crippen LogP contribution in [0.5, 0.6) is 0 Å². The molecule has 0 heterocycles. The van der Waals surface area contributed by atoms with Crippen LogP contribution in [-0.2, 0) is 11.3 Å². The third-order valence-electron chi connectivity index (χ3n) is 2.40. The zero-order chi connectivity index (χ0) is 12.5. The maximum atomic E-state index is 5.60. The summed E-state index contributed by atoms with van der Waals surface area (Å²) in [6.07, 6.45) is 1.11. The fourth-order valence-electron chi connectivity index (χ4n) is 1.35. The molecule has 2 N–H and O–H groups in total. The number of nitrogens with two attached hydrogens (primary N) is 1. The van der Waals surface area contributed by atoms with Crippen molar-refractivity contribution in [2.75, 3.05) is 13.2 Å². The van der Waals surface area contributed by atoms with Crippen LogP contribution in [0.15, 0.2) is 24.3 Å². The normalized spacial score (nSPS) is 10.1. The van der Waals surface area contributed by atoms with E-state index in [0.29, 0.717) is 19.1 Å². The molecule has 0 atom stereocenters. The van der Waals surface area contributed by atoms with Gasteiger partial charge < -0.3 is 10.5 Å². The zero-order valence-corrected chi connectivity index (χ0v) is 10.7. The first-order chi connectivity index (χ1) is 8.22. The fraction of sp³-hybridized carbons (Fsp3) is 0.467. The van der Waals surface area contributed by atoms with Crippen molar-refractivity contribution < 1.29 is 4.74 Å². The maximum Gasteiger partial charge on any atom is 0.0716 e. The molecule has 0 spiro atoms. The van der Waals surface area contributed by atoms with Gasteiger partial charge in [-0.25, -0.2) is 0 Å². The van der Waals surface area contributed by atoms with Gasteiger partial charge in [-0.3, -0.25) is 0 Å². The van der Waals surface area contributed by atoms with Crippen molar-refractivity contribution in [2.45, 2.75) is 26.9 Å². The highest BCUT2D eigenvalue weighted by Crippen LogP contribution is 2.06. The molecule has 92 valence electrons. The third kappa shape index (κ3) is 6.11. The SMILES string of the molecule is CC(C)CCOCc1ccc(C#CCN)cc1. The molecule has 17 heavy (non-hydrogen) atoms. The Bertz CT molecular complexity index is 370. The number of benzene rings is 1. The van der Waals surface area contributed by atoms with Crippen LogP contribution in [0, 0.1) is 17.8 Å². The molecule has 1 rings (SSSR count). The van der Waals surface area contributed by atoms with Crippen LogP contribution in [0.3, 0.4) is 0 Å². The van der Waals surface area contributed by atoms with Crippen molar-refractivity contribution in [2.24, 2.45) is 11.7 Å². The molecule has 0 aliphatic heterocycles. The summed E-state index contributed by atoms with van der Waals surface area (Å²) in [6.45, 7) is 6.31. The third-order valence-corrected chi connectivity index (χ3v) is 2.40. The summed E-state index contributed by atoms with van der Waals surface area (Å²) in [4.78, 5) is 0. The van der Waals surface area contributed by atoms with E-state index in [1.54, 1.807) is 0 Å². The second-order valence-corrected chi connectivity index (χ2v) is 4.44. The Kier molecular flexibility index (Phi) is 6.39. The number of rotatable bonds is 5. The van der Waals surface area contributed by atoms with Crippen LogP contribution >= 0.6 is 0 Å². The van der Waals surface area contributed by atoms with E-state index in [9.17, 15) is 0 Å². The zero-order valence-electron chi connectivity index (χ0n) is 10.7. The van der Waals surface area contributed by atoms with Gasteiger partial charge in [0.25, 0.3) is 0 Å². The average molecular weight is 231 g/mol. The molecule has 0 saturated heterocycles. The Hall–Kier alpha value is -1.30. The lowest BCUT2D eigenvalue weighted by molar-refractivity contribution is 0.110. The largest absolute Gasteiger partial charge is 0.377 e. The van der Waals surface area contributed by atoms with Crippen LogP contribution in [0.4, 0.5) is 0 Å². The van der Waals surface area contributed by atoms with Gasteiger partial charge in [0, 0.05) is 12.2 Å². The van der Waals surface area contributed by atoms with Crippen molar-refractivity contribution in [3.05, 3.63) is 35.4 Å². The molecule has 2 heteroatoms. The maximum absolute atomic E-state index is 5.60. The molecule has 0 bridgehead atoms. The number of ether oxygens (including phenoxy) is 1. The molecule has 0 aromatic heterocycles. The van der Waals surface area contributed by atoms with Crippen LogP contribution in [0.1, 0.15) is 31.4 Å². The molecule has 0 aliphatic rings. The predicted octanol–water partition coefficient (Wildman–Crippen LogP) is 2.56. The first kappa shape index (κ1) is 13.8. The minimum atomic E-state index is 0.403.